The van der Waals surface area contributed by atoms with E-state index in [-0.39, 0.29) is 6.03 Å². The third-order valence-electron chi connectivity index (χ3n) is 3.76. The van der Waals surface area contributed by atoms with Gasteiger partial charge < -0.3 is 10.2 Å². The number of carbonyl (C=O) groups is 1. The van der Waals surface area contributed by atoms with Gasteiger partial charge in [-0.3, -0.25) is 13.7 Å². The van der Waals surface area contributed by atoms with Crippen LogP contribution in [0.2, 0.25) is 0 Å². The highest BCUT2D eigenvalue weighted by Crippen LogP contribution is 2.28. The van der Waals surface area contributed by atoms with Gasteiger partial charge in [0.25, 0.3) is 0 Å². The molecular weight excluding hydrogens is 368 g/mol. The molecule has 0 atom stereocenters. The Morgan fingerprint density at radius 1 is 1.31 bits per heavy atom. The van der Waals surface area contributed by atoms with Gasteiger partial charge in [-0.05, 0) is 33.0 Å². The minimum Gasteiger partial charge on any atom is -0.308 e. The summed E-state index contributed by atoms with van der Waals surface area (Å²) in [5.74, 6) is 0. The molecule has 0 fully saturated rings. The summed E-state index contributed by atoms with van der Waals surface area (Å²) in [4.78, 5) is 17.0. The van der Waals surface area contributed by atoms with Crippen molar-refractivity contribution in [2.45, 2.75) is 26.7 Å². The molecule has 2 aromatic rings. The molecule has 0 aliphatic heterocycles. The lowest BCUT2D eigenvalue weighted by Gasteiger charge is -2.23. The van der Waals surface area contributed by atoms with Gasteiger partial charge in [0, 0.05) is 36.1 Å². The highest BCUT2D eigenvalue weighted by molar-refractivity contribution is 7.99. The van der Waals surface area contributed by atoms with Gasteiger partial charge >= 0.3 is 6.03 Å². The van der Waals surface area contributed by atoms with Crippen LogP contribution in [0.3, 0.4) is 0 Å². The van der Waals surface area contributed by atoms with Gasteiger partial charge in [-0.15, -0.1) is 11.3 Å². The van der Waals surface area contributed by atoms with E-state index in [1.165, 1.54) is 21.9 Å². The van der Waals surface area contributed by atoms with E-state index in [0.717, 1.165) is 37.3 Å². The lowest BCUT2D eigenvalue weighted by atomic mass is 10.3. The maximum atomic E-state index is 12.4. The van der Waals surface area contributed by atoms with Crippen molar-refractivity contribution < 1.29 is 4.79 Å². The zero-order chi connectivity index (χ0) is 19.1. The molecule has 9 heteroatoms. The molecule has 0 unspecified atom stereocenters. The molecule has 2 amide bonds. The number of anilines is 2. The lowest BCUT2D eigenvalue weighted by Crippen LogP contribution is -2.32. The van der Waals surface area contributed by atoms with E-state index in [1.807, 2.05) is 31.6 Å². The van der Waals surface area contributed by atoms with Crippen molar-refractivity contribution in [1.29, 1.82) is 0 Å². The zero-order valence-corrected chi connectivity index (χ0v) is 17.7. The van der Waals surface area contributed by atoms with Crippen molar-refractivity contribution in [2.24, 2.45) is 7.05 Å². The van der Waals surface area contributed by atoms with Crippen LogP contribution < -0.4 is 14.3 Å². The van der Waals surface area contributed by atoms with Gasteiger partial charge in [0.05, 0.1) is 29.7 Å². The predicted octanol–water partition coefficient (Wildman–Crippen LogP) is 3.36. The van der Waals surface area contributed by atoms with Crippen LogP contribution in [0.1, 0.15) is 23.6 Å². The number of amides is 2. The molecule has 2 rings (SSSR count). The van der Waals surface area contributed by atoms with Gasteiger partial charge in [0.1, 0.15) is 0 Å². The van der Waals surface area contributed by atoms with Gasteiger partial charge in [-0.1, -0.05) is 13.8 Å². The van der Waals surface area contributed by atoms with Crippen LogP contribution in [-0.4, -0.2) is 47.9 Å². The summed E-state index contributed by atoms with van der Waals surface area (Å²) >= 11 is 3.04. The van der Waals surface area contributed by atoms with Crippen LogP contribution in [0.15, 0.2) is 18.5 Å². The van der Waals surface area contributed by atoms with Crippen molar-refractivity contribution in [3.8, 4) is 0 Å². The fourth-order valence-corrected chi connectivity index (χ4v) is 3.95. The Balaban J connectivity index is 1.96. The van der Waals surface area contributed by atoms with Crippen molar-refractivity contribution >= 4 is 40.9 Å². The highest BCUT2D eigenvalue weighted by atomic mass is 32.2. The van der Waals surface area contributed by atoms with Gasteiger partial charge in [-0.2, -0.15) is 5.10 Å². The number of urea groups is 1. The predicted molar refractivity (Wildman–Crippen MR) is 112 cm³/mol. The number of aromatic nitrogens is 2. The molecule has 0 saturated heterocycles. The number of rotatable bonds is 9. The molecule has 0 saturated carbocycles. The van der Waals surface area contributed by atoms with Crippen LogP contribution in [0.25, 0.3) is 0 Å². The number of hydrogen-bond acceptors (Lipinski definition) is 6. The summed E-state index contributed by atoms with van der Waals surface area (Å²) < 4.78 is 6.66. The summed E-state index contributed by atoms with van der Waals surface area (Å²) in [6.07, 6.45) is 5.63. The standard InChI is InChI=1S/C17H28N6OS2/c1-6-14-10-15(16(7-2)25-14)19-17(24)20-26-23(9-8-21(3)4)13-11-18-22(5)12-13/h10-12H,6-9H2,1-5H3,(H2,19,20,24). The van der Waals surface area contributed by atoms with Gasteiger partial charge in [0.15, 0.2) is 0 Å². The second-order valence-corrected chi connectivity index (χ2v) is 8.23. The number of likely N-dealkylation sites (N-methyl/N-ethyl adjacent to an activating group) is 1. The molecule has 144 valence electrons. The molecule has 2 N–H and O–H groups in total. The SMILES string of the molecule is CCc1cc(NC(=O)NSN(CCN(C)C)c2cnn(C)c2)c(CC)s1. The Bertz CT molecular complexity index is 712. The zero-order valence-electron chi connectivity index (χ0n) is 16.1. The van der Waals surface area contributed by atoms with E-state index in [0.29, 0.717) is 0 Å². The van der Waals surface area contributed by atoms with Crippen molar-refractivity contribution in [3.05, 3.63) is 28.2 Å². The first kappa shape index (κ1) is 20.6. The maximum Gasteiger partial charge on any atom is 0.330 e. The third kappa shape index (κ3) is 5.93. The minimum atomic E-state index is -0.219. The van der Waals surface area contributed by atoms with Gasteiger partial charge in [0.2, 0.25) is 0 Å². The summed E-state index contributed by atoms with van der Waals surface area (Å²) in [5.41, 5.74) is 1.87. The molecule has 26 heavy (non-hydrogen) atoms. The number of nitrogens with zero attached hydrogens (tertiary/aromatic N) is 4. The number of nitrogens with one attached hydrogen (secondary N) is 2. The van der Waals surface area contributed by atoms with Crippen molar-refractivity contribution in [3.63, 3.8) is 0 Å². The summed E-state index contributed by atoms with van der Waals surface area (Å²) in [5, 5.41) is 7.19. The topological polar surface area (TPSA) is 65.4 Å². The van der Waals surface area contributed by atoms with Crippen LogP contribution in [0.4, 0.5) is 16.2 Å². The number of hydrogen-bond donors (Lipinski definition) is 2. The van der Waals surface area contributed by atoms with Crippen molar-refractivity contribution in [2.75, 3.05) is 36.8 Å². The van der Waals surface area contributed by atoms with Crippen LogP contribution in [-0.2, 0) is 19.9 Å². The molecule has 0 spiro atoms. The molecule has 0 aliphatic rings. The van der Waals surface area contributed by atoms with Crippen molar-refractivity contribution in [1.82, 2.24) is 19.4 Å². The first-order chi connectivity index (χ1) is 12.4. The van der Waals surface area contributed by atoms with E-state index >= 15 is 0 Å². The lowest BCUT2D eigenvalue weighted by molar-refractivity contribution is 0.257. The average Bonchev–Trinajstić information content (AvgIpc) is 3.20. The van der Waals surface area contributed by atoms with Crippen LogP contribution >= 0.6 is 23.5 Å². The van der Waals surface area contributed by atoms with E-state index in [1.54, 1.807) is 22.2 Å². The molecule has 0 radical (unpaired) electrons. The first-order valence-electron chi connectivity index (χ1n) is 8.69. The van der Waals surface area contributed by atoms with E-state index in [9.17, 15) is 4.79 Å². The smallest absolute Gasteiger partial charge is 0.308 e. The second kappa shape index (κ2) is 9.84. The minimum absolute atomic E-state index is 0.219. The van der Waals surface area contributed by atoms with Crippen LogP contribution in [0, 0.1) is 0 Å². The summed E-state index contributed by atoms with van der Waals surface area (Å²) in [7, 11) is 5.94. The normalized spacial score (nSPS) is 11.0. The van der Waals surface area contributed by atoms with Gasteiger partial charge in [-0.25, -0.2) is 4.79 Å². The Kier molecular flexibility index (Phi) is 7.80. The molecule has 2 aromatic heterocycles. The second-order valence-electron chi connectivity index (χ2n) is 6.18. The quantitative estimate of drug-likeness (QED) is 0.636. The largest absolute Gasteiger partial charge is 0.330 e. The number of aryl methyl sites for hydroxylation is 3. The van der Waals surface area contributed by atoms with E-state index < -0.39 is 0 Å². The molecule has 7 nitrogen and oxygen atoms in total. The summed E-state index contributed by atoms with van der Waals surface area (Å²) in [6, 6.07) is 1.85. The Morgan fingerprint density at radius 3 is 2.65 bits per heavy atom. The number of carbonyl (C=O) groups excluding carboxylic acids is 1. The molecule has 0 aromatic carbocycles. The number of thiophene rings is 1. The van der Waals surface area contributed by atoms with Crippen LogP contribution in [0.5, 0.6) is 0 Å². The maximum absolute atomic E-state index is 12.4. The monoisotopic (exact) mass is 396 g/mol. The average molecular weight is 397 g/mol. The first-order valence-corrected chi connectivity index (χ1v) is 10.3. The summed E-state index contributed by atoms with van der Waals surface area (Å²) in [6.45, 7) is 5.87. The molecule has 0 aliphatic carbocycles. The highest BCUT2D eigenvalue weighted by Gasteiger charge is 2.14. The Hall–Kier alpha value is -1.71. The Morgan fingerprint density at radius 2 is 2.08 bits per heavy atom. The molecule has 0 bridgehead atoms. The fourth-order valence-electron chi connectivity index (χ4n) is 2.33. The van der Waals surface area contributed by atoms with E-state index in [4.69, 9.17) is 0 Å². The van der Waals surface area contributed by atoms with E-state index in [2.05, 4.69) is 40.0 Å². The third-order valence-corrected chi connectivity index (χ3v) is 6.07. The molecule has 2 heterocycles. The Labute approximate surface area is 164 Å². The molecular formula is C17H28N6OS2. The fraction of sp³-hybridized carbons (Fsp3) is 0.529.